The summed E-state index contributed by atoms with van der Waals surface area (Å²) in [6.07, 6.45) is 5.65. The molecule has 3 aromatic heterocycles. The molecule has 0 fully saturated rings. The lowest BCUT2D eigenvalue weighted by Gasteiger charge is -2.20. The van der Waals surface area contributed by atoms with Gasteiger partial charge in [0.2, 0.25) is 0 Å². The molecule has 0 unspecified atom stereocenters. The van der Waals surface area contributed by atoms with Gasteiger partial charge in [0.25, 0.3) is 0 Å². The third kappa shape index (κ3) is 2.87. The van der Waals surface area contributed by atoms with Gasteiger partial charge in [-0.1, -0.05) is 6.08 Å². The lowest BCUT2D eigenvalue weighted by molar-refractivity contribution is 0.303. The molecule has 0 saturated carbocycles. The van der Waals surface area contributed by atoms with Crippen LogP contribution in [0.4, 0.5) is 15.9 Å². The van der Waals surface area contributed by atoms with Crippen LogP contribution in [0.3, 0.4) is 0 Å². The summed E-state index contributed by atoms with van der Waals surface area (Å²) in [7, 11) is 0. The highest BCUT2D eigenvalue weighted by atomic mass is 19.1. The smallest absolute Gasteiger partial charge is 0.166 e. The summed E-state index contributed by atoms with van der Waals surface area (Å²) in [6.45, 7) is 0.889. The standard InChI is InChI=1S/C19H16FN7O/c20-13-2-3-14-11(6-13)8-17(18(21)24-14)28-10-15-16(27-5-1-4-23-27)7-12-9-22-26-19(12)25-15/h1-3,5-9,23H,4,10H2,(H2,21,24)(H,22,25,26). The van der Waals surface area contributed by atoms with E-state index in [0.717, 1.165) is 17.6 Å². The molecule has 1 aliphatic heterocycles. The molecule has 0 atom stereocenters. The molecule has 0 radical (unpaired) electrons. The quantitative estimate of drug-likeness (QED) is 0.502. The molecule has 4 N–H and O–H groups in total. The van der Waals surface area contributed by atoms with Gasteiger partial charge in [0.05, 0.1) is 17.4 Å². The number of hydrogen-bond donors (Lipinski definition) is 3. The molecular formula is C19H16FN7O. The summed E-state index contributed by atoms with van der Waals surface area (Å²) < 4.78 is 19.4. The number of aromatic amines is 1. The highest BCUT2D eigenvalue weighted by Crippen LogP contribution is 2.29. The highest BCUT2D eigenvalue weighted by molar-refractivity contribution is 5.83. The van der Waals surface area contributed by atoms with Gasteiger partial charge >= 0.3 is 0 Å². The van der Waals surface area contributed by atoms with E-state index in [0.29, 0.717) is 28.0 Å². The van der Waals surface area contributed by atoms with Crippen molar-refractivity contribution < 1.29 is 9.13 Å². The lowest BCUT2D eigenvalue weighted by atomic mass is 10.2. The molecule has 0 saturated heterocycles. The van der Waals surface area contributed by atoms with Gasteiger partial charge in [0, 0.05) is 23.5 Å². The summed E-state index contributed by atoms with van der Waals surface area (Å²) in [5.41, 5.74) is 12.1. The Balaban J connectivity index is 1.50. The summed E-state index contributed by atoms with van der Waals surface area (Å²) in [4.78, 5) is 8.91. The average Bonchev–Trinajstić information content (AvgIpc) is 3.37. The molecule has 1 aliphatic rings. The number of anilines is 2. The van der Waals surface area contributed by atoms with Crippen molar-refractivity contribution in [3.8, 4) is 5.75 Å². The van der Waals surface area contributed by atoms with Crippen LogP contribution in [0.5, 0.6) is 5.75 Å². The Morgan fingerprint density at radius 2 is 2.11 bits per heavy atom. The van der Waals surface area contributed by atoms with Crippen molar-refractivity contribution in [2.45, 2.75) is 6.61 Å². The summed E-state index contributed by atoms with van der Waals surface area (Å²) >= 11 is 0. The van der Waals surface area contributed by atoms with Gasteiger partial charge in [0.1, 0.15) is 18.1 Å². The fourth-order valence-corrected chi connectivity index (χ4v) is 3.15. The molecule has 0 amide bonds. The Morgan fingerprint density at radius 3 is 2.96 bits per heavy atom. The minimum atomic E-state index is -0.342. The Morgan fingerprint density at radius 1 is 1.18 bits per heavy atom. The summed E-state index contributed by atoms with van der Waals surface area (Å²) in [5, 5.41) is 10.3. The van der Waals surface area contributed by atoms with Gasteiger partial charge in [-0.05, 0) is 30.3 Å². The Kier molecular flexibility index (Phi) is 3.80. The van der Waals surface area contributed by atoms with Crippen LogP contribution in [0.2, 0.25) is 0 Å². The SMILES string of the molecule is Nc1nc2ccc(F)cc2cc1OCc1nc2[nH]ncc2cc1N1C=CCN1. The molecule has 4 aromatic rings. The molecule has 0 spiro atoms. The summed E-state index contributed by atoms with van der Waals surface area (Å²) in [5.74, 6) is 0.272. The number of halogens is 1. The van der Waals surface area contributed by atoms with Crippen molar-refractivity contribution in [2.24, 2.45) is 0 Å². The number of nitrogens with zero attached hydrogens (tertiary/aromatic N) is 4. The van der Waals surface area contributed by atoms with Crippen LogP contribution in [0.25, 0.3) is 21.9 Å². The first kappa shape index (κ1) is 16.5. The Bertz CT molecular complexity index is 1220. The number of nitrogen functional groups attached to an aromatic ring is 1. The van der Waals surface area contributed by atoms with Crippen LogP contribution < -0.4 is 20.9 Å². The van der Waals surface area contributed by atoms with Gasteiger partial charge in [-0.25, -0.2) is 19.8 Å². The number of H-pyrrole nitrogens is 1. The van der Waals surface area contributed by atoms with Gasteiger partial charge in [-0.2, -0.15) is 5.10 Å². The number of nitrogens with two attached hydrogens (primary N) is 1. The van der Waals surface area contributed by atoms with Crippen LogP contribution in [-0.2, 0) is 6.61 Å². The first-order valence-electron chi connectivity index (χ1n) is 8.68. The predicted molar refractivity (Wildman–Crippen MR) is 104 cm³/mol. The van der Waals surface area contributed by atoms with E-state index in [-0.39, 0.29) is 18.2 Å². The number of rotatable bonds is 4. The van der Waals surface area contributed by atoms with E-state index < -0.39 is 0 Å². The first-order valence-corrected chi connectivity index (χ1v) is 8.68. The maximum absolute atomic E-state index is 13.5. The van der Waals surface area contributed by atoms with Crippen LogP contribution in [0.1, 0.15) is 5.69 Å². The third-order valence-corrected chi connectivity index (χ3v) is 4.51. The second kappa shape index (κ2) is 6.46. The van der Waals surface area contributed by atoms with Crippen LogP contribution in [0, 0.1) is 5.82 Å². The minimum Gasteiger partial charge on any atom is -0.483 e. The van der Waals surface area contributed by atoms with Crippen molar-refractivity contribution in [3.63, 3.8) is 0 Å². The van der Waals surface area contributed by atoms with E-state index in [2.05, 4.69) is 25.6 Å². The number of hydrazine groups is 1. The van der Waals surface area contributed by atoms with Crippen molar-refractivity contribution in [1.82, 2.24) is 25.6 Å². The van der Waals surface area contributed by atoms with Gasteiger partial charge in [-0.15, -0.1) is 0 Å². The van der Waals surface area contributed by atoms with E-state index >= 15 is 0 Å². The van der Waals surface area contributed by atoms with Crippen molar-refractivity contribution in [1.29, 1.82) is 0 Å². The average molecular weight is 377 g/mol. The molecule has 9 heteroatoms. The zero-order chi connectivity index (χ0) is 19.1. The molecule has 28 heavy (non-hydrogen) atoms. The number of ether oxygens (including phenoxy) is 1. The van der Waals surface area contributed by atoms with Gasteiger partial charge < -0.3 is 10.5 Å². The molecule has 1 aromatic carbocycles. The second-order valence-corrected chi connectivity index (χ2v) is 6.38. The number of hydrogen-bond acceptors (Lipinski definition) is 7. The molecule has 5 rings (SSSR count). The Hall–Kier alpha value is -3.72. The fraction of sp³-hybridized carbons (Fsp3) is 0.105. The second-order valence-electron chi connectivity index (χ2n) is 6.38. The zero-order valence-electron chi connectivity index (χ0n) is 14.7. The van der Waals surface area contributed by atoms with E-state index in [9.17, 15) is 4.39 Å². The van der Waals surface area contributed by atoms with Crippen molar-refractivity contribution in [3.05, 3.63) is 60.3 Å². The van der Waals surface area contributed by atoms with Crippen molar-refractivity contribution >= 4 is 33.4 Å². The summed E-state index contributed by atoms with van der Waals surface area (Å²) in [6, 6.07) is 7.99. The number of aromatic nitrogens is 4. The predicted octanol–water partition coefficient (Wildman–Crippen LogP) is 2.64. The molecule has 8 nitrogen and oxygen atoms in total. The first-order chi connectivity index (χ1) is 13.7. The molecule has 0 bridgehead atoms. The van der Waals surface area contributed by atoms with Crippen molar-refractivity contribution in [2.75, 3.05) is 17.3 Å². The lowest BCUT2D eigenvalue weighted by Crippen LogP contribution is -2.29. The van der Waals surface area contributed by atoms with Crippen LogP contribution in [-0.4, -0.2) is 26.7 Å². The van der Waals surface area contributed by atoms with Gasteiger partial charge in [0.15, 0.2) is 17.2 Å². The highest BCUT2D eigenvalue weighted by Gasteiger charge is 2.17. The van der Waals surface area contributed by atoms with E-state index in [4.69, 9.17) is 10.5 Å². The maximum Gasteiger partial charge on any atom is 0.166 e. The van der Waals surface area contributed by atoms with E-state index in [1.807, 2.05) is 23.4 Å². The van der Waals surface area contributed by atoms with Crippen LogP contribution in [0.15, 0.2) is 48.8 Å². The molecule has 0 aliphatic carbocycles. The fourth-order valence-electron chi connectivity index (χ4n) is 3.15. The Labute approximate surface area is 158 Å². The zero-order valence-corrected chi connectivity index (χ0v) is 14.7. The number of nitrogens with one attached hydrogen (secondary N) is 2. The topological polar surface area (TPSA) is 105 Å². The van der Waals surface area contributed by atoms with E-state index in [1.54, 1.807) is 18.3 Å². The maximum atomic E-state index is 13.5. The number of benzene rings is 1. The molecule has 140 valence electrons. The normalized spacial score (nSPS) is 13.7. The minimum absolute atomic E-state index is 0.156. The number of fused-ring (bicyclic) bond motifs is 2. The monoisotopic (exact) mass is 377 g/mol. The number of pyridine rings is 2. The molecule has 4 heterocycles. The third-order valence-electron chi connectivity index (χ3n) is 4.51. The van der Waals surface area contributed by atoms with Crippen LogP contribution >= 0.6 is 0 Å². The largest absolute Gasteiger partial charge is 0.483 e. The van der Waals surface area contributed by atoms with Gasteiger partial charge in [-0.3, -0.25) is 10.1 Å². The van der Waals surface area contributed by atoms with E-state index in [1.165, 1.54) is 12.1 Å². The molecular weight excluding hydrogens is 361 g/mol.